The molecule has 2 rings (SSSR count). The molecule has 0 amide bonds. The topological polar surface area (TPSA) is 75.3 Å². The van der Waals surface area contributed by atoms with Crippen LogP contribution in [0.2, 0.25) is 0 Å². The van der Waals surface area contributed by atoms with Crippen LogP contribution < -0.4 is 10.6 Å². The van der Waals surface area contributed by atoms with Crippen molar-refractivity contribution in [2.24, 2.45) is 5.92 Å². The van der Waals surface area contributed by atoms with E-state index in [1.54, 1.807) is 12.4 Å². The monoisotopic (exact) mass is 208 g/mol. The molecular weight excluding hydrogens is 192 g/mol. The molecule has 2 unspecified atom stereocenters. The lowest BCUT2D eigenvalue weighted by Gasteiger charge is -2.35. The van der Waals surface area contributed by atoms with E-state index in [1.807, 2.05) is 6.92 Å². The number of nitrogens with zero attached hydrogens (tertiary/aromatic N) is 3. The van der Waals surface area contributed by atoms with Crippen molar-refractivity contribution in [1.29, 1.82) is 0 Å². The molecule has 15 heavy (non-hydrogen) atoms. The minimum absolute atomic E-state index is 0.209. The lowest BCUT2D eigenvalue weighted by atomic mass is 9.97. The van der Waals surface area contributed by atoms with Crippen LogP contribution in [0.15, 0.2) is 12.4 Å². The molecule has 0 spiro atoms. The third-order valence-electron chi connectivity index (χ3n) is 2.87. The van der Waals surface area contributed by atoms with Gasteiger partial charge in [-0.2, -0.15) is 0 Å². The molecule has 0 aromatic carbocycles. The number of piperidine rings is 1. The van der Waals surface area contributed by atoms with E-state index in [4.69, 9.17) is 5.73 Å². The van der Waals surface area contributed by atoms with Gasteiger partial charge in [-0.25, -0.2) is 9.97 Å². The molecule has 1 fully saturated rings. The van der Waals surface area contributed by atoms with Gasteiger partial charge in [-0.15, -0.1) is 0 Å². The van der Waals surface area contributed by atoms with Gasteiger partial charge < -0.3 is 15.7 Å². The number of aromatic nitrogens is 2. The Bertz CT molecular complexity index is 344. The molecule has 1 aliphatic heterocycles. The van der Waals surface area contributed by atoms with Crippen molar-refractivity contribution in [3.05, 3.63) is 12.4 Å². The summed E-state index contributed by atoms with van der Waals surface area (Å²) in [6.07, 6.45) is 3.78. The highest BCUT2D eigenvalue weighted by Gasteiger charge is 2.25. The van der Waals surface area contributed by atoms with Crippen LogP contribution in [0, 0.1) is 5.92 Å². The number of rotatable bonds is 1. The van der Waals surface area contributed by atoms with Crippen molar-refractivity contribution in [1.82, 2.24) is 9.97 Å². The fourth-order valence-corrected chi connectivity index (χ4v) is 1.91. The summed E-state index contributed by atoms with van der Waals surface area (Å²) in [6, 6.07) is 0. The second-order valence-electron chi connectivity index (χ2n) is 4.04. The zero-order valence-corrected chi connectivity index (χ0v) is 8.80. The zero-order valence-electron chi connectivity index (χ0n) is 8.80. The predicted molar refractivity (Wildman–Crippen MR) is 58.4 cm³/mol. The van der Waals surface area contributed by atoms with Gasteiger partial charge in [-0.3, -0.25) is 0 Å². The van der Waals surface area contributed by atoms with Crippen LogP contribution in [0.25, 0.3) is 0 Å². The smallest absolute Gasteiger partial charge is 0.171 e. The summed E-state index contributed by atoms with van der Waals surface area (Å²) in [5, 5.41) is 9.62. The summed E-state index contributed by atoms with van der Waals surface area (Å²) < 4.78 is 0. The van der Waals surface area contributed by atoms with E-state index >= 15 is 0 Å². The average molecular weight is 208 g/mol. The summed E-state index contributed by atoms with van der Waals surface area (Å²) in [5.41, 5.74) is 5.75. The van der Waals surface area contributed by atoms with Crippen molar-refractivity contribution >= 4 is 11.6 Å². The second-order valence-corrected chi connectivity index (χ2v) is 4.04. The number of nitrogen functional groups attached to an aromatic ring is 1. The fraction of sp³-hybridized carbons (Fsp3) is 0.600. The van der Waals surface area contributed by atoms with Crippen molar-refractivity contribution in [2.45, 2.75) is 19.4 Å². The first-order valence-corrected chi connectivity index (χ1v) is 5.18. The molecule has 1 aromatic heterocycles. The summed E-state index contributed by atoms with van der Waals surface area (Å²) in [5.74, 6) is 1.44. The Hall–Kier alpha value is -1.36. The quantitative estimate of drug-likeness (QED) is 0.692. The van der Waals surface area contributed by atoms with Crippen molar-refractivity contribution < 1.29 is 5.11 Å². The molecule has 5 nitrogen and oxygen atoms in total. The first-order chi connectivity index (χ1) is 7.18. The number of hydrogen-bond acceptors (Lipinski definition) is 5. The standard InChI is InChI=1S/C10H16N4O/c1-7-6-14(5-2-8(7)15)10-9(11)12-3-4-13-10/h3-4,7-8,15H,2,5-6H2,1H3,(H2,11,12). The van der Waals surface area contributed by atoms with Gasteiger partial charge in [-0.05, 0) is 12.3 Å². The highest BCUT2D eigenvalue weighted by atomic mass is 16.3. The summed E-state index contributed by atoms with van der Waals surface area (Å²) in [6.45, 7) is 3.60. The Kier molecular flexibility index (Phi) is 2.73. The SMILES string of the molecule is CC1CN(c2nccnc2N)CCC1O. The van der Waals surface area contributed by atoms with Crippen LogP contribution in [0.3, 0.4) is 0 Å². The van der Waals surface area contributed by atoms with Gasteiger partial charge in [0.15, 0.2) is 11.6 Å². The third kappa shape index (κ3) is 2.02. The number of hydrogen-bond donors (Lipinski definition) is 2. The van der Waals surface area contributed by atoms with Gasteiger partial charge >= 0.3 is 0 Å². The lowest BCUT2D eigenvalue weighted by molar-refractivity contribution is 0.0969. The van der Waals surface area contributed by atoms with E-state index in [-0.39, 0.29) is 12.0 Å². The Labute approximate surface area is 88.9 Å². The van der Waals surface area contributed by atoms with Crippen molar-refractivity contribution in [3.8, 4) is 0 Å². The Balaban J connectivity index is 2.15. The summed E-state index contributed by atoms with van der Waals surface area (Å²) in [4.78, 5) is 10.3. The first-order valence-electron chi connectivity index (χ1n) is 5.18. The van der Waals surface area contributed by atoms with E-state index in [2.05, 4.69) is 14.9 Å². The number of anilines is 2. The molecule has 3 N–H and O–H groups in total. The second kappa shape index (κ2) is 4.02. The Morgan fingerprint density at radius 2 is 2.20 bits per heavy atom. The van der Waals surface area contributed by atoms with Gasteiger partial charge in [0, 0.05) is 25.5 Å². The molecule has 1 saturated heterocycles. The maximum Gasteiger partial charge on any atom is 0.171 e. The van der Waals surface area contributed by atoms with Gasteiger partial charge in [0.1, 0.15) is 0 Å². The predicted octanol–water partition coefficient (Wildman–Crippen LogP) is 0.266. The molecule has 0 bridgehead atoms. The molecule has 1 aromatic rings. The van der Waals surface area contributed by atoms with Crippen LogP contribution in [0.5, 0.6) is 0 Å². The molecule has 2 heterocycles. The minimum atomic E-state index is -0.209. The van der Waals surface area contributed by atoms with Crippen molar-refractivity contribution in [3.63, 3.8) is 0 Å². The molecule has 0 aliphatic carbocycles. The molecule has 5 heteroatoms. The summed E-state index contributed by atoms with van der Waals surface area (Å²) in [7, 11) is 0. The molecular formula is C10H16N4O. The maximum atomic E-state index is 9.62. The Morgan fingerprint density at radius 1 is 1.47 bits per heavy atom. The fourth-order valence-electron chi connectivity index (χ4n) is 1.91. The lowest BCUT2D eigenvalue weighted by Crippen LogP contribution is -2.42. The normalized spacial score (nSPS) is 26.7. The molecule has 2 atom stereocenters. The highest BCUT2D eigenvalue weighted by Crippen LogP contribution is 2.24. The molecule has 0 saturated carbocycles. The average Bonchev–Trinajstić information content (AvgIpc) is 2.23. The Morgan fingerprint density at radius 3 is 2.87 bits per heavy atom. The molecule has 1 aliphatic rings. The number of nitrogens with two attached hydrogens (primary N) is 1. The zero-order chi connectivity index (χ0) is 10.8. The third-order valence-corrected chi connectivity index (χ3v) is 2.87. The van der Waals surface area contributed by atoms with Crippen LogP contribution in [0.1, 0.15) is 13.3 Å². The summed E-state index contributed by atoms with van der Waals surface area (Å²) >= 11 is 0. The highest BCUT2D eigenvalue weighted by molar-refractivity contribution is 5.57. The van der Waals surface area contributed by atoms with Gasteiger partial charge in [0.05, 0.1) is 6.10 Å². The van der Waals surface area contributed by atoms with E-state index in [1.165, 1.54) is 0 Å². The van der Waals surface area contributed by atoms with Crippen LogP contribution in [0.4, 0.5) is 11.6 Å². The number of aliphatic hydroxyl groups excluding tert-OH is 1. The molecule has 0 radical (unpaired) electrons. The van der Waals surface area contributed by atoms with Gasteiger partial charge in [0.2, 0.25) is 0 Å². The first kappa shape index (κ1) is 10.2. The van der Waals surface area contributed by atoms with Gasteiger partial charge in [-0.1, -0.05) is 6.92 Å². The van der Waals surface area contributed by atoms with E-state index in [0.29, 0.717) is 5.82 Å². The van der Waals surface area contributed by atoms with Crippen LogP contribution in [-0.4, -0.2) is 34.3 Å². The van der Waals surface area contributed by atoms with Crippen LogP contribution >= 0.6 is 0 Å². The minimum Gasteiger partial charge on any atom is -0.393 e. The maximum absolute atomic E-state index is 9.62. The van der Waals surface area contributed by atoms with Gasteiger partial charge in [0.25, 0.3) is 0 Å². The number of aliphatic hydroxyl groups is 1. The molecule has 82 valence electrons. The van der Waals surface area contributed by atoms with E-state index in [0.717, 1.165) is 25.3 Å². The van der Waals surface area contributed by atoms with Crippen molar-refractivity contribution in [2.75, 3.05) is 23.7 Å². The van der Waals surface area contributed by atoms with Crippen LogP contribution in [-0.2, 0) is 0 Å². The van der Waals surface area contributed by atoms with E-state index < -0.39 is 0 Å². The largest absolute Gasteiger partial charge is 0.393 e. The van der Waals surface area contributed by atoms with E-state index in [9.17, 15) is 5.11 Å².